The zero-order valence-corrected chi connectivity index (χ0v) is 18.3. The molecule has 0 radical (unpaired) electrons. The minimum atomic E-state index is -5.08. The Morgan fingerprint density at radius 2 is 1.11 bits per heavy atom. The lowest BCUT2D eigenvalue weighted by Gasteiger charge is -2.07. The number of aliphatic carboxylic acids is 2. The molecule has 0 aliphatic heterocycles. The number of hydrogen-bond donors (Lipinski definition) is 6. The number of nitrogens with two attached hydrogens (primary N) is 2. The number of carboxylic acid groups (broad SMARTS) is 2. The first-order valence-corrected chi connectivity index (χ1v) is 9.57. The smallest absolute Gasteiger partial charge is 0.475 e. The molecular formula is C22H18F6N4O5. The average molecular weight is 532 g/mol. The van der Waals surface area contributed by atoms with Gasteiger partial charge in [-0.3, -0.25) is 10.2 Å². The molecule has 0 saturated heterocycles. The van der Waals surface area contributed by atoms with Crippen molar-refractivity contribution in [1.82, 2.24) is 0 Å². The van der Waals surface area contributed by atoms with E-state index < -0.39 is 24.3 Å². The number of carboxylic acids is 2. The van der Waals surface area contributed by atoms with E-state index in [0.29, 0.717) is 22.5 Å². The maximum atomic E-state index is 12.3. The third-order valence-corrected chi connectivity index (χ3v) is 4.07. The molecule has 9 nitrogen and oxygen atoms in total. The highest BCUT2D eigenvalue weighted by Gasteiger charge is 2.38. The molecule has 0 fully saturated rings. The number of amidine groups is 1. The first-order chi connectivity index (χ1) is 16.9. The van der Waals surface area contributed by atoms with E-state index in [0.717, 1.165) is 10.8 Å². The number of rotatable bonds is 3. The molecule has 0 spiro atoms. The predicted octanol–water partition coefficient (Wildman–Crippen LogP) is 4.22. The Morgan fingerprint density at radius 3 is 1.49 bits per heavy atom. The van der Waals surface area contributed by atoms with Crippen molar-refractivity contribution >= 4 is 45.8 Å². The fourth-order valence-electron chi connectivity index (χ4n) is 2.32. The number of amides is 1. The first kappa shape index (κ1) is 30.2. The van der Waals surface area contributed by atoms with Gasteiger partial charge in [-0.1, -0.05) is 18.2 Å². The van der Waals surface area contributed by atoms with Crippen LogP contribution in [0.1, 0.15) is 15.9 Å². The van der Waals surface area contributed by atoms with Crippen molar-refractivity contribution in [3.05, 3.63) is 71.8 Å². The summed E-state index contributed by atoms with van der Waals surface area (Å²) in [6.45, 7) is 0. The van der Waals surface area contributed by atoms with Crippen LogP contribution < -0.4 is 16.8 Å². The van der Waals surface area contributed by atoms with Gasteiger partial charge in [0, 0.05) is 22.5 Å². The summed E-state index contributed by atoms with van der Waals surface area (Å²) in [5, 5.41) is 26.4. The fourth-order valence-corrected chi connectivity index (χ4v) is 2.32. The third-order valence-electron chi connectivity index (χ3n) is 4.07. The lowest BCUT2D eigenvalue weighted by atomic mass is 10.0. The van der Waals surface area contributed by atoms with Crippen molar-refractivity contribution in [3.8, 4) is 0 Å². The second-order valence-electron chi connectivity index (χ2n) is 6.87. The van der Waals surface area contributed by atoms with Gasteiger partial charge in [-0.05, 0) is 53.2 Å². The summed E-state index contributed by atoms with van der Waals surface area (Å²) in [5.41, 5.74) is 13.7. The Hall–Kier alpha value is -4.82. The molecule has 3 aromatic carbocycles. The summed E-state index contributed by atoms with van der Waals surface area (Å²) in [6, 6.07) is 17.8. The molecule has 1 amide bonds. The topological polar surface area (TPSA) is 180 Å². The molecule has 198 valence electrons. The highest BCUT2D eigenvalue weighted by molar-refractivity contribution is 6.07. The van der Waals surface area contributed by atoms with Gasteiger partial charge >= 0.3 is 24.3 Å². The number of anilines is 2. The normalized spacial score (nSPS) is 10.8. The molecule has 0 heterocycles. The summed E-state index contributed by atoms with van der Waals surface area (Å²) < 4.78 is 63.5. The van der Waals surface area contributed by atoms with E-state index in [9.17, 15) is 31.1 Å². The minimum Gasteiger partial charge on any atom is -0.475 e. The Bertz CT molecular complexity index is 1270. The Balaban J connectivity index is 0.000000404. The summed E-state index contributed by atoms with van der Waals surface area (Å²) in [7, 11) is 0. The Kier molecular flexibility index (Phi) is 9.99. The lowest BCUT2D eigenvalue weighted by Crippen LogP contribution is -2.21. The zero-order chi connectivity index (χ0) is 28.6. The molecule has 0 bridgehead atoms. The summed E-state index contributed by atoms with van der Waals surface area (Å²) in [6.07, 6.45) is -10.2. The molecule has 3 rings (SSSR count). The number of carbonyl (C=O) groups excluding carboxylic acids is 1. The molecule has 0 aliphatic rings. The lowest BCUT2D eigenvalue weighted by molar-refractivity contribution is -0.193. The molecule has 8 N–H and O–H groups in total. The number of carbonyl (C=O) groups is 3. The van der Waals surface area contributed by atoms with Crippen molar-refractivity contribution < 1.29 is 50.9 Å². The minimum absolute atomic E-state index is 0.0251. The van der Waals surface area contributed by atoms with Crippen LogP contribution in [-0.4, -0.2) is 46.2 Å². The molecule has 0 aliphatic carbocycles. The van der Waals surface area contributed by atoms with Gasteiger partial charge in [0.15, 0.2) is 0 Å². The molecular weight excluding hydrogens is 514 g/mol. The number of nitrogen functional groups attached to an aromatic ring is 2. The second kappa shape index (κ2) is 12.2. The van der Waals surface area contributed by atoms with Gasteiger partial charge in [-0.2, -0.15) is 26.3 Å². The standard InChI is InChI=1S/C18H16N4O.2C2HF3O2/c19-15-5-7-16(8-6-15)22-18(23)14-4-2-11-9-13(17(20)21)3-1-12(11)10-14;2*3-2(4,5)1(6)7/h1-10H,19H2,(H3,20,21)(H,22,23);2*(H,6,7). The molecule has 37 heavy (non-hydrogen) atoms. The van der Waals surface area contributed by atoms with Gasteiger partial charge in [0.2, 0.25) is 0 Å². The molecule has 0 atom stereocenters. The van der Waals surface area contributed by atoms with E-state index in [1.807, 2.05) is 24.3 Å². The van der Waals surface area contributed by atoms with Crippen molar-refractivity contribution in [2.75, 3.05) is 11.1 Å². The highest BCUT2D eigenvalue weighted by atomic mass is 19.4. The number of hydrogen-bond acceptors (Lipinski definition) is 5. The summed E-state index contributed by atoms with van der Waals surface area (Å²) in [5.74, 6) is -5.68. The SMILES string of the molecule is N=C(N)c1ccc2cc(C(=O)Nc3ccc(N)cc3)ccc2c1.O=C(O)C(F)(F)F.O=C(O)C(F)(F)F. The van der Waals surface area contributed by atoms with E-state index in [4.69, 9.17) is 36.7 Å². The van der Waals surface area contributed by atoms with E-state index >= 15 is 0 Å². The number of benzene rings is 3. The van der Waals surface area contributed by atoms with Crippen LogP contribution in [0.3, 0.4) is 0 Å². The fraction of sp³-hybridized carbons (Fsp3) is 0.0909. The van der Waals surface area contributed by atoms with Crippen LogP contribution in [0, 0.1) is 5.41 Å². The Labute approximate surface area is 203 Å². The maximum Gasteiger partial charge on any atom is 0.490 e. The van der Waals surface area contributed by atoms with Crippen LogP contribution >= 0.6 is 0 Å². The molecule has 3 aromatic rings. The number of fused-ring (bicyclic) bond motifs is 1. The van der Waals surface area contributed by atoms with Crippen LogP contribution in [-0.2, 0) is 9.59 Å². The second-order valence-corrected chi connectivity index (χ2v) is 6.87. The van der Waals surface area contributed by atoms with Crippen LogP contribution in [0.2, 0.25) is 0 Å². The van der Waals surface area contributed by atoms with Crippen LogP contribution in [0.15, 0.2) is 60.7 Å². The van der Waals surface area contributed by atoms with Crippen LogP contribution in [0.25, 0.3) is 10.8 Å². The predicted molar refractivity (Wildman–Crippen MR) is 121 cm³/mol. The number of alkyl halides is 6. The van der Waals surface area contributed by atoms with Gasteiger partial charge in [-0.15, -0.1) is 0 Å². The van der Waals surface area contributed by atoms with Crippen molar-refractivity contribution in [3.63, 3.8) is 0 Å². The molecule has 0 saturated carbocycles. The van der Waals surface area contributed by atoms with Gasteiger partial charge in [-0.25, -0.2) is 9.59 Å². The van der Waals surface area contributed by atoms with Gasteiger partial charge in [0.25, 0.3) is 5.91 Å². The van der Waals surface area contributed by atoms with E-state index in [-0.39, 0.29) is 11.7 Å². The third kappa shape index (κ3) is 10.1. The van der Waals surface area contributed by atoms with Crippen molar-refractivity contribution in [1.29, 1.82) is 5.41 Å². The van der Waals surface area contributed by atoms with E-state index in [1.165, 1.54) is 0 Å². The largest absolute Gasteiger partial charge is 0.490 e. The first-order valence-electron chi connectivity index (χ1n) is 9.57. The van der Waals surface area contributed by atoms with Crippen molar-refractivity contribution in [2.24, 2.45) is 5.73 Å². The van der Waals surface area contributed by atoms with Crippen molar-refractivity contribution in [2.45, 2.75) is 12.4 Å². The van der Waals surface area contributed by atoms with Crippen LogP contribution in [0.5, 0.6) is 0 Å². The van der Waals surface area contributed by atoms with Gasteiger partial charge in [0.05, 0.1) is 0 Å². The summed E-state index contributed by atoms with van der Waals surface area (Å²) >= 11 is 0. The number of nitrogens with one attached hydrogen (secondary N) is 2. The van der Waals surface area contributed by atoms with Gasteiger partial charge < -0.3 is 27.0 Å². The zero-order valence-electron chi connectivity index (χ0n) is 18.3. The maximum absolute atomic E-state index is 12.3. The quantitative estimate of drug-likeness (QED) is 0.126. The van der Waals surface area contributed by atoms with Crippen LogP contribution in [0.4, 0.5) is 37.7 Å². The Morgan fingerprint density at radius 1 is 0.730 bits per heavy atom. The molecule has 0 aromatic heterocycles. The van der Waals surface area contributed by atoms with E-state index in [1.54, 1.807) is 36.4 Å². The number of halogens is 6. The highest BCUT2D eigenvalue weighted by Crippen LogP contribution is 2.19. The van der Waals surface area contributed by atoms with Gasteiger partial charge in [0.1, 0.15) is 5.84 Å². The molecule has 0 unspecified atom stereocenters. The summed E-state index contributed by atoms with van der Waals surface area (Å²) in [4.78, 5) is 30.1. The average Bonchev–Trinajstić information content (AvgIpc) is 2.79. The monoisotopic (exact) mass is 532 g/mol. The van der Waals surface area contributed by atoms with E-state index in [2.05, 4.69) is 5.32 Å². The molecule has 15 heteroatoms.